The summed E-state index contributed by atoms with van der Waals surface area (Å²) in [5, 5.41) is 14.2. The molecule has 2 aliphatic rings. The first-order valence-electron chi connectivity index (χ1n) is 10.7. The largest absolute Gasteiger partial charge is 0.486 e. The van der Waals surface area contributed by atoms with Crippen LogP contribution in [-0.2, 0) is 19.2 Å². The number of carboxylic acid groups (broad SMARTS) is 1. The van der Waals surface area contributed by atoms with Crippen LogP contribution in [0.4, 0.5) is 5.69 Å². The van der Waals surface area contributed by atoms with Crippen molar-refractivity contribution in [3.05, 3.63) is 18.2 Å². The minimum Gasteiger partial charge on any atom is -0.486 e. The molecule has 0 radical (unpaired) electrons. The number of anilines is 1. The quantitative estimate of drug-likeness (QED) is 0.540. The number of nitrogens with one attached hydrogen (secondary N) is 2. The average Bonchev–Trinajstić information content (AvgIpc) is 3.17. The molecule has 3 N–H and O–H groups in total. The van der Waals surface area contributed by atoms with E-state index < -0.39 is 35.8 Å². The highest BCUT2D eigenvalue weighted by Gasteiger charge is 2.38. The first-order chi connectivity index (χ1) is 15.2. The molecule has 0 unspecified atom stereocenters. The lowest BCUT2D eigenvalue weighted by Gasteiger charge is -2.26. The number of hydrogen-bond acceptors (Lipinski definition) is 6. The lowest BCUT2D eigenvalue weighted by molar-refractivity contribution is -0.142. The summed E-state index contributed by atoms with van der Waals surface area (Å²) in [4.78, 5) is 50.7. The van der Waals surface area contributed by atoms with Gasteiger partial charge in [-0.1, -0.05) is 20.3 Å². The molecule has 1 fully saturated rings. The third-order valence-corrected chi connectivity index (χ3v) is 5.86. The van der Waals surface area contributed by atoms with Gasteiger partial charge in [0, 0.05) is 24.7 Å². The number of ether oxygens (including phenoxy) is 2. The van der Waals surface area contributed by atoms with Crippen molar-refractivity contribution >= 4 is 29.4 Å². The number of amides is 3. The van der Waals surface area contributed by atoms with E-state index in [1.807, 2.05) is 6.92 Å². The Balaban J connectivity index is 1.68. The standard InChI is InChI=1S/C22H29N3O7/c1-4-12(2)19(21(28)23-13(3)22(29)30)24-20(27)14-9-18(26)25(11-14)15-5-6-16-17(10-15)32-8-7-31-16/h5-6,10,12-14,19H,4,7-9,11H2,1-3H3,(H,23,28)(H,24,27)(H,29,30)/t12-,13+,14+,19+/m1/s1. The molecule has 0 saturated carbocycles. The predicted molar refractivity (Wildman–Crippen MR) is 115 cm³/mol. The molecular formula is C22H29N3O7. The smallest absolute Gasteiger partial charge is 0.325 e. The summed E-state index contributed by atoms with van der Waals surface area (Å²) in [5.41, 5.74) is 0.612. The van der Waals surface area contributed by atoms with Gasteiger partial charge in [-0.3, -0.25) is 19.2 Å². The Labute approximate surface area is 186 Å². The molecule has 4 atom stereocenters. The topological polar surface area (TPSA) is 134 Å². The van der Waals surface area contributed by atoms with Crippen LogP contribution in [0.25, 0.3) is 0 Å². The molecule has 1 aromatic carbocycles. The van der Waals surface area contributed by atoms with Crippen LogP contribution in [0.3, 0.4) is 0 Å². The van der Waals surface area contributed by atoms with E-state index in [1.165, 1.54) is 11.8 Å². The van der Waals surface area contributed by atoms with Gasteiger partial charge in [0.2, 0.25) is 17.7 Å². The molecule has 174 valence electrons. The van der Waals surface area contributed by atoms with E-state index in [-0.39, 0.29) is 24.8 Å². The minimum atomic E-state index is -1.16. The van der Waals surface area contributed by atoms with E-state index in [2.05, 4.69) is 10.6 Å². The molecule has 2 aliphatic heterocycles. The summed E-state index contributed by atoms with van der Waals surface area (Å²) in [6, 6.07) is 3.22. The summed E-state index contributed by atoms with van der Waals surface area (Å²) in [6.45, 7) is 6.10. The Kier molecular flexibility index (Phi) is 7.22. The van der Waals surface area contributed by atoms with Gasteiger partial charge >= 0.3 is 5.97 Å². The molecular weight excluding hydrogens is 418 g/mol. The van der Waals surface area contributed by atoms with Gasteiger partial charge in [-0.15, -0.1) is 0 Å². The van der Waals surface area contributed by atoms with Crippen LogP contribution in [0.5, 0.6) is 11.5 Å². The number of carbonyl (C=O) groups excluding carboxylic acids is 3. The second-order valence-electron chi connectivity index (χ2n) is 8.17. The minimum absolute atomic E-state index is 0.0145. The van der Waals surface area contributed by atoms with Crippen LogP contribution in [0.15, 0.2) is 18.2 Å². The van der Waals surface area contributed by atoms with Gasteiger partial charge in [-0.05, 0) is 25.0 Å². The molecule has 10 nitrogen and oxygen atoms in total. The molecule has 0 aromatic heterocycles. The zero-order chi connectivity index (χ0) is 23.4. The fourth-order valence-electron chi connectivity index (χ4n) is 3.67. The van der Waals surface area contributed by atoms with E-state index in [1.54, 1.807) is 25.1 Å². The molecule has 32 heavy (non-hydrogen) atoms. The third kappa shape index (κ3) is 5.12. The van der Waals surface area contributed by atoms with Crippen molar-refractivity contribution < 1.29 is 33.8 Å². The Bertz CT molecular complexity index is 904. The maximum Gasteiger partial charge on any atom is 0.325 e. The normalized spacial score (nSPS) is 20.3. The van der Waals surface area contributed by atoms with Gasteiger partial charge in [0.15, 0.2) is 11.5 Å². The summed E-state index contributed by atoms with van der Waals surface area (Å²) in [5.74, 6) is -2.03. The fraction of sp³-hybridized carbons (Fsp3) is 0.545. The zero-order valence-corrected chi connectivity index (χ0v) is 18.4. The Morgan fingerprint density at radius 3 is 2.50 bits per heavy atom. The van der Waals surface area contributed by atoms with Crippen molar-refractivity contribution in [2.75, 3.05) is 24.7 Å². The van der Waals surface area contributed by atoms with Crippen LogP contribution < -0.4 is 25.0 Å². The number of hydrogen-bond donors (Lipinski definition) is 3. The number of nitrogens with zero attached hydrogens (tertiary/aromatic N) is 1. The lowest BCUT2D eigenvalue weighted by atomic mass is 9.96. The molecule has 0 spiro atoms. The first-order valence-corrected chi connectivity index (χ1v) is 10.7. The molecule has 1 saturated heterocycles. The molecule has 0 aliphatic carbocycles. The van der Waals surface area contributed by atoms with Crippen LogP contribution in [0.1, 0.15) is 33.6 Å². The van der Waals surface area contributed by atoms with E-state index >= 15 is 0 Å². The number of benzene rings is 1. The van der Waals surface area contributed by atoms with Crippen LogP contribution in [-0.4, -0.2) is 60.6 Å². The van der Waals surface area contributed by atoms with E-state index in [0.717, 1.165) is 0 Å². The van der Waals surface area contributed by atoms with E-state index in [4.69, 9.17) is 14.6 Å². The molecule has 3 amide bonds. The number of carbonyl (C=O) groups is 4. The highest BCUT2D eigenvalue weighted by Crippen LogP contribution is 2.36. The number of carboxylic acids is 1. The number of aliphatic carboxylic acids is 1. The van der Waals surface area contributed by atoms with Crippen molar-refractivity contribution in [1.29, 1.82) is 0 Å². The SMILES string of the molecule is CC[C@@H](C)[C@H](NC(=O)[C@H]1CC(=O)N(c2ccc3c(c2)OCCO3)C1)C(=O)N[C@@H](C)C(=O)O. The highest BCUT2D eigenvalue weighted by atomic mass is 16.6. The highest BCUT2D eigenvalue weighted by molar-refractivity contribution is 6.01. The fourth-order valence-corrected chi connectivity index (χ4v) is 3.67. The van der Waals surface area contributed by atoms with Crippen molar-refractivity contribution in [1.82, 2.24) is 10.6 Å². The Hall–Kier alpha value is -3.30. The van der Waals surface area contributed by atoms with Crippen molar-refractivity contribution in [3.8, 4) is 11.5 Å². The third-order valence-electron chi connectivity index (χ3n) is 5.86. The van der Waals surface area contributed by atoms with Gasteiger partial charge in [-0.25, -0.2) is 0 Å². The van der Waals surface area contributed by atoms with Gasteiger partial charge < -0.3 is 30.1 Å². The molecule has 1 aromatic rings. The molecule has 0 bridgehead atoms. The van der Waals surface area contributed by atoms with Gasteiger partial charge in [0.05, 0.1) is 5.92 Å². The maximum absolute atomic E-state index is 12.9. The first kappa shape index (κ1) is 23.4. The Morgan fingerprint density at radius 2 is 1.84 bits per heavy atom. The summed E-state index contributed by atoms with van der Waals surface area (Å²) >= 11 is 0. The van der Waals surface area contributed by atoms with E-state index in [0.29, 0.717) is 36.8 Å². The van der Waals surface area contributed by atoms with Crippen LogP contribution in [0, 0.1) is 11.8 Å². The van der Waals surface area contributed by atoms with Gasteiger partial charge in [0.25, 0.3) is 0 Å². The molecule has 10 heteroatoms. The summed E-state index contributed by atoms with van der Waals surface area (Å²) in [7, 11) is 0. The zero-order valence-electron chi connectivity index (χ0n) is 18.4. The van der Waals surface area contributed by atoms with Crippen molar-refractivity contribution in [2.24, 2.45) is 11.8 Å². The molecule has 3 rings (SSSR count). The predicted octanol–water partition coefficient (Wildman–Crippen LogP) is 0.931. The maximum atomic E-state index is 12.9. The van der Waals surface area contributed by atoms with Crippen LogP contribution in [0.2, 0.25) is 0 Å². The van der Waals surface area contributed by atoms with Crippen molar-refractivity contribution in [3.63, 3.8) is 0 Å². The molecule has 2 heterocycles. The second kappa shape index (κ2) is 9.88. The number of rotatable bonds is 8. The second-order valence-corrected chi connectivity index (χ2v) is 8.17. The summed E-state index contributed by atoms with van der Waals surface area (Å²) in [6.07, 6.45) is 0.618. The Morgan fingerprint density at radius 1 is 1.16 bits per heavy atom. The van der Waals surface area contributed by atoms with Gasteiger partial charge in [0.1, 0.15) is 25.3 Å². The average molecular weight is 447 g/mol. The van der Waals surface area contributed by atoms with Crippen LogP contribution >= 0.6 is 0 Å². The lowest BCUT2D eigenvalue weighted by Crippen LogP contribution is -2.54. The number of fused-ring (bicyclic) bond motifs is 1. The monoisotopic (exact) mass is 447 g/mol. The summed E-state index contributed by atoms with van der Waals surface area (Å²) < 4.78 is 11.1. The van der Waals surface area contributed by atoms with Crippen molar-refractivity contribution in [2.45, 2.75) is 45.7 Å². The van der Waals surface area contributed by atoms with E-state index in [9.17, 15) is 19.2 Å². The van der Waals surface area contributed by atoms with Gasteiger partial charge in [-0.2, -0.15) is 0 Å².